The molecule has 0 radical (unpaired) electrons. The number of hydrogen-bond acceptors (Lipinski definition) is 1. The second-order valence-corrected chi connectivity index (χ2v) is 5.25. The molecule has 0 aliphatic heterocycles. The van der Waals surface area contributed by atoms with Gasteiger partial charge in [0.1, 0.15) is 0 Å². The lowest BCUT2D eigenvalue weighted by Crippen LogP contribution is -2.11. The molecule has 0 bridgehead atoms. The quantitative estimate of drug-likeness (QED) is 0.745. The molecule has 0 aliphatic carbocycles. The summed E-state index contributed by atoms with van der Waals surface area (Å²) in [5.74, 6) is 0. The second kappa shape index (κ2) is 4.14. The van der Waals surface area contributed by atoms with E-state index in [0.717, 1.165) is 10.0 Å². The van der Waals surface area contributed by atoms with Crippen LogP contribution in [0.4, 0.5) is 0 Å². The number of hydrogen-bond donors (Lipinski definition) is 0. The molecule has 0 fully saturated rings. The Labute approximate surface area is 93.9 Å². The lowest BCUT2D eigenvalue weighted by atomic mass is 9.86. The fourth-order valence-electron chi connectivity index (χ4n) is 1.26. The van der Waals surface area contributed by atoms with E-state index in [1.165, 1.54) is 5.56 Å². The number of benzene rings is 1. The maximum Gasteiger partial charge on any atom is 0.0670 e. The van der Waals surface area contributed by atoms with Gasteiger partial charge >= 0.3 is 0 Å². The van der Waals surface area contributed by atoms with Crippen LogP contribution in [0.5, 0.6) is 0 Å². The molecule has 74 valence electrons. The summed E-state index contributed by atoms with van der Waals surface area (Å²) in [4.78, 5) is 0. The first-order valence-corrected chi connectivity index (χ1v) is 5.40. The van der Waals surface area contributed by atoms with Crippen LogP contribution in [0, 0.1) is 11.3 Å². The number of nitriles is 1. The summed E-state index contributed by atoms with van der Waals surface area (Å²) in [6, 6.07) is 8.40. The van der Waals surface area contributed by atoms with Crippen molar-refractivity contribution in [3.8, 4) is 6.07 Å². The Balaban J connectivity index is 3.14. The molecular weight excluding hydrogens is 238 g/mol. The van der Waals surface area contributed by atoms with E-state index in [4.69, 9.17) is 5.26 Å². The Hall–Kier alpha value is -0.810. The van der Waals surface area contributed by atoms with Crippen LogP contribution in [0.15, 0.2) is 22.7 Å². The zero-order valence-electron chi connectivity index (χ0n) is 8.76. The molecule has 1 aromatic carbocycles. The smallest absolute Gasteiger partial charge is 0.0670 e. The van der Waals surface area contributed by atoms with E-state index >= 15 is 0 Å². The molecule has 0 saturated heterocycles. The zero-order chi connectivity index (χ0) is 10.8. The predicted molar refractivity (Wildman–Crippen MR) is 62.2 cm³/mol. The highest BCUT2D eigenvalue weighted by molar-refractivity contribution is 9.10. The van der Waals surface area contributed by atoms with E-state index in [1.807, 2.05) is 6.07 Å². The van der Waals surface area contributed by atoms with Gasteiger partial charge in [-0.25, -0.2) is 0 Å². The molecule has 14 heavy (non-hydrogen) atoms. The number of rotatable bonds is 1. The van der Waals surface area contributed by atoms with Gasteiger partial charge in [0.2, 0.25) is 0 Å². The molecular formula is C12H14BrN. The van der Waals surface area contributed by atoms with Crippen LogP contribution in [0.2, 0.25) is 0 Å². The molecule has 0 N–H and O–H groups in total. The molecule has 1 aromatic rings. The second-order valence-electron chi connectivity index (χ2n) is 4.39. The third kappa shape index (κ3) is 2.59. The van der Waals surface area contributed by atoms with Crippen molar-refractivity contribution < 1.29 is 0 Å². The van der Waals surface area contributed by atoms with Crippen molar-refractivity contribution in [1.29, 1.82) is 5.26 Å². The molecule has 0 unspecified atom stereocenters. The average molecular weight is 252 g/mol. The minimum absolute atomic E-state index is 0.144. The Morgan fingerprint density at radius 1 is 1.36 bits per heavy atom. The molecule has 0 atom stereocenters. The van der Waals surface area contributed by atoms with Gasteiger partial charge in [-0.3, -0.25) is 0 Å². The van der Waals surface area contributed by atoms with Gasteiger partial charge in [0.15, 0.2) is 0 Å². The third-order valence-electron chi connectivity index (χ3n) is 2.18. The van der Waals surface area contributed by atoms with Crippen molar-refractivity contribution in [2.24, 2.45) is 0 Å². The van der Waals surface area contributed by atoms with Crippen LogP contribution >= 0.6 is 15.9 Å². The van der Waals surface area contributed by atoms with Crippen LogP contribution in [-0.2, 0) is 11.8 Å². The molecule has 0 aliphatic rings. The predicted octanol–water partition coefficient (Wildman–Crippen LogP) is 3.81. The van der Waals surface area contributed by atoms with Gasteiger partial charge in [-0.2, -0.15) is 5.26 Å². The highest BCUT2D eigenvalue weighted by Gasteiger charge is 2.14. The maximum atomic E-state index is 8.67. The first kappa shape index (κ1) is 11.3. The Morgan fingerprint density at radius 2 is 2.00 bits per heavy atom. The van der Waals surface area contributed by atoms with Gasteiger partial charge in [-0.15, -0.1) is 0 Å². The van der Waals surface area contributed by atoms with Crippen LogP contribution in [0.25, 0.3) is 0 Å². The van der Waals surface area contributed by atoms with Crippen LogP contribution in [0.3, 0.4) is 0 Å². The molecule has 2 heteroatoms. The molecule has 0 spiro atoms. The van der Waals surface area contributed by atoms with Crippen LogP contribution in [-0.4, -0.2) is 0 Å². The standard InChI is InChI=1S/C12H14BrN/c1-12(2,3)10-4-5-11(13)9(8-10)6-7-14/h4-5,8H,6H2,1-3H3. The Morgan fingerprint density at radius 3 is 2.50 bits per heavy atom. The van der Waals surface area contributed by atoms with Gasteiger partial charge in [-0.1, -0.05) is 48.8 Å². The SMILES string of the molecule is CC(C)(C)c1ccc(Br)c(CC#N)c1. The first-order valence-electron chi connectivity index (χ1n) is 4.61. The lowest BCUT2D eigenvalue weighted by molar-refractivity contribution is 0.589. The molecule has 1 nitrogen and oxygen atoms in total. The minimum Gasteiger partial charge on any atom is -0.198 e. The number of nitrogens with zero attached hydrogens (tertiary/aromatic N) is 1. The summed E-state index contributed by atoms with van der Waals surface area (Å²) in [7, 11) is 0. The molecule has 0 heterocycles. The highest BCUT2D eigenvalue weighted by Crippen LogP contribution is 2.27. The van der Waals surface area contributed by atoms with Gasteiger partial charge in [-0.05, 0) is 22.6 Å². The van der Waals surface area contributed by atoms with E-state index in [-0.39, 0.29) is 5.41 Å². The van der Waals surface area contributed by atoms with E-state index in [2.05, 4.69) is 54.9 Å². The maximum absolute atomic E-state index is 8.67. The van der Waals surface area contributed by atoms with E-state index in [0.29, 0.717) is 6.42 Å². The first-order chi connectivity index (χ1) is 6.45. The fraction of sp³-hybridized carbons (Fsp3) is 0.417. The van der Waals surface area contributed by atoms with E-state index in [1.54, 1.807) is 0 Å². The van der Waals surface area contributed by atoms with Gasteiger partial charge in [0.05, 0.1) is 12.5 Å². The number of halogens is 1. The summed E-state index contributed by atoms with van der Waals surface area (Å²) < 4.78 is 1.02. The van der Waals surface area contributed by atoms with Gasteiger partial charge < -0.3 is 0 Å². The average Bonchev–Trinajstić information content (AvgIpc) is 2.07. The molecule has 0 aromatic heterocycles. The fourth-order valence-corrected chi connectivity index (χ4v) is 1.65. The highest BCUT2D eigenvalue weighted by atomic mass is 79.9. The zero-order valence-corrected chi connectivity index (χ0v) is 10.4. The normalized spacial score (nSPS) is 11.1. The molecule has 1 rings (SSSR count). The van der Waals surface area contributed by atoms with Crippen molar-refractivity contribution in [3.63, 3.8) is 0 Å². The topological polar surface area (TPSA) is 23.8 Å². The summed E-state index contributed by atoms with van der Waals surface area (Å²) >= 11 is 3.45. The Bertz CT molecular complexity index is 369. The van der Waals surface area contributed by atoms with E-state index in [9.17, 15) is 0 Å². The van der Waals surface area contributed by atoms with Crippen LogP contribution in [0.1, 0.15) is 31.9 Å². The summed E-state index contributed by atoms with van der Waals surface area (Å²) in [5.41, 5.74) is 2.48. The summed E-state index contributed by atoms with van der Waals surface area (Å²) in [6.45, 7) is 6.52. The van der Waals surface area contributed by atoms with Crippen molar-refractivity contribution in [2.75, 3.05) is 0 Å². The summed E-state index contributed by atoms with van der Waals surface area (Å²) in [5, 5.41) is 8.67. The van der Waals surface area contributed by atoms with Gasteiger partial charge in [0, 0.05) is 4.47 Å². The Kier molecular flexibility index (Phi) is 3.34. The lowest BCUT2D eigenvalue weighted by Gasteiger charge is -2.20. The minimum atomic E-state index is 0.144. The molecule has 0 amide bonds. The van der Waals surface area contributed by atoms with Crippen molar-refractivity contribution in [2.45, 2.75) is 32.6 Å². The van der Waals surface area contributed by atoms with Crippen molar-refractivity contribution in [1.82, 2.24) is 0 Å². The largest absolute Gasteiger partial charge is 0.198 e. The van der Waals surface area contributed by atoms with Crippen molar-refractivity contribution in [3.05, 3.63) is 33.8 Å². The summed E-state index contributed by atoms with van der Waals surface area (Å²) in [6.07, 6.45) is 0.463. The van der Waals surface area contributed by atoms with Gasteiger partial charge in [0.25, 0.3) is 0 Å². The van der Waals surface area contributed by atoms with Crippen LogP contribution < -0.4 is 0 Å². The monoisotopic (exact) mass is 251 g/mol. The van der Waals surface area contributed by atoms with Crippen molar-refractivity contribution >= 4 is 15.9 Å². The third-order valence-corrected chi connectivity index (χ3v) is 2.95. The van der Waals surface area contributed by atoms with E-state index < -0.39 is 0 Å². The molecule has 0 saturated carbocycles.